The molecule has 1 atom stereocenters. The summed E-state index contributed by atoms with van der Waals surface area (Å²) in [7, 11) is -3.04. The summed E-state index contributed by atoms with van der Waals surface area (Å²) in [5.74, 6) is 0.609. The predicted molar refractivity (Wildman–Crippen MR) is 87.4 cm³/mol. The van der Waals surface area contributed by atoms with E-state index in [-0.39, 0.29) is 17.5 Å². The standard InChI is InChI=1S/C15H18N4O3S/c20-15(16-12-5-4-10-23(21,22)11-12)17-14-8-9-19(18-14)13-6-2-1-3-7-13/h1-3,6-9,12H,4-5,10-11H2,(H2,16,17,18,20)/t12-/m0/s1. The topological polar surface area (TPSA) is 93.1 Å². The van der Waals surface area contributed by atoms with Gasteiger partial charge in [0.15, 0.2) is 15.7 Å². The summed E-state index contributed by atoms with van der Waals surface area (Å²) in [6, 6.07) is 10.4. The van der Waals surface area contributed by atoms with Crippen LogP contribution in [0.3, 0.4) is 0 Å². The molecule has 2 N–H and O–H groups in total. The minimum Gasteiger partial charge on any atom is -0.334 e. The van der Waals surface area contributed by atoms with Crippen molar-refractivity contribution in [2.45, 2.75) is 18.9 Å². The van der Waals surface area contributed by atoms with Crippen molar-refractivity contribution in [3.05, 3.63) is 42.6 Å². The number of carbonyl (C=O) groups is 1. The molecule has 7 nitrogen and oxygen atoms in total. The lowest BCUT2D eigenvalue weighted by Crippen LogP contribution is -2.45. The van der Waals surface area contributed by atoms with Crippen LogP contribution in [0.2, 0.25) is 0 Å². The lowest BCUT2D eigenvalue weighted by Gasteiger charge is -2.22. The van der Waals surface area contributed by atoms with Crippen LogP contribution < -0.4 is 10.6 Å². The summed E-state index contributed by atoms with van der Waals surface area (Å²) in [5, 5.41) is 9.59. The number of hydrogen-bond donors (Lipinski definition) is 2. The summed E-state index contributed by atoms with van der Waals surface area (Å²) in [5.41, 5.74) is 0.888. The second kappa shape index (κ2) is 6.41. The monoisotopic (exact) mass is 334 g/mol. The molecule has 1 aromatic heterocycles. The van der Waals surface area contributed by atoms with Gasteiger partial charge in [0.2, 0.25) is 0 Å². The van der Waals surface area contributed by atoms with E-state index in [2.05, 4.69) is 15.7 Å². The fraction of sp³-hybridized carbons (Fsp3) is 0.333. The Hall–Kier alpha value is -2.35. The van der Waals surface area contributed by atoms with Crippen LogP contribution in [0.5, 0.6) is 0 Å². The van der Waals surface area contributed by atoms with Crippen LogP contribution in [0.15, 0.2) is 42.6 Å². The van der Waals surface area contributed by atoms with E-state index in [0.717, 1.165) is 5.69 Å². The number of para-hydroxylation sites is 1. The van der Waals surface area contributed by atoms with E-state index in [1.807, 2.05) is 30.3 Å². The van der Waals surface area contributed by atoms with Crippen LogP contribution in [0, 0.1) is 0 Å². The predicted octanol–water partition coefficient (Wildman–Crippen LogP) is 1.57. The summed E-state index contributed by atoms with van der Waals surface area (Å²) < 4.78 is 24.8. The molecule has 0 bridgehead atoms. The normalized spacial score (nSPS) is 19.9. The number of hydrogen-bond acceptors (Lipinski definition) is 4. The molecule has 3 rings (SSSR count). The van der Waals surface area contributed by atoms with Crippen molar-refractivity contribution in [1.29, 1.82) is 0 Å². The molecule has 0 unspecified atom stereocenters. The fourth-order valence-corrected chi connectivity index (χ4v) is 4.23. The van der Waals surface area contributed by atoms with Crippen LogP contribution in [-0.2, 0) is 9.84 Å². The number of aromatic nitrogens is 2. The van der Waals surface area contributed by atoms with E-state index in [4.69, 9.17) is 0 Å². The summed E-state index contributed by atoms with van der Waals surface area (Å²) in [6.45, 7) is 0. The highest BCUT2D eigenvalue weighted by molar-refractivity contribution is 7.91. The van der Waals surface area contributed by atoms with Crippen molar-refractivity contribution in [3.8, 4) is 5.69 Å². The number of carbonyl (C=O) groups excluding carboxylic acids is 1. The minimum absolute atomic E-state index is 0.00112. The van der Waals surface area contributed by atoms with Crippen LogP contribution in [0.1, 0.15) is 12.8 Å². The second-order valence-electron chi connectivity index (χ2n) is 5.53. The first-order valence-corrected chi connectivity index (χ1v) is 9.23. The average Bonchev–Trinajstić information content (AvgIpc) is 2.95. The Kier molecular flexibility index (Phi) is 4.33. The number of nitrogens with one attached hydrogen (secondary N) is 2. The lowest BCUT2D eigenvalue weighted by molar-refractivity contribution is 0.248. The Bertz CT molecular complexity index is 786. The van der Waals surface area contributed by atoms with E-state index in [1.54, 1.807) is 16.9 Å². The Labute approximate surface area is 134 Å². The van der Waals surface area contributed by atoms with Crippen molar-refractivity contribution < 1.29 is 13.2 Å². The van der Waals surface area contributed by atoms with Gasteiger partial charge in [0.05, 0.1) is 17.2 Å². The van der Waals surface area contributed by atoms with Gasteiger partial charge in [-0.1, -0.05) is 18.2 Å². The molecular formula is C15H18N4O3S. The third-order valence-electron chi connectivity index (χ3n) is 3.65. The number of anilines is 1. The van der Waals surface area contributed by atoms with E-state index >= 15 is 0 Å². The number of benzene rings is 1. The van der Waals surface area contributed by atoms with E-state index in [1.165, 1.54) is 0 Å². The zero-order valence-corrected chi connectivity index (χ0v) is 13.3. The first-order chi connectivity index (χ1) is 11.0. The Morgan fingerprint density at radius 2 is 2.00 bits per heavy atom. The van der Waals surface area contributed by atoms with Gasteiger partial charge in [0, 0.05) is 18.3 Å². The van der Waals surface area contributed by atoms with Crippen molar-refractivity contribution in [3.63, 3.8) is 0 Å². The number of nitrogens with zero attached hydrogens (tertiary/aromatic N) is 2. The first-order valence-electron chi connectivity index (χ1n) is 7.41. The molecule has 1 saturated heterocycles. The highest BCUT2D eigenvalue weighted by Gasteiger charge is 2.25. The largest absolute Gasteiger partial charge is 0.334 e. The molecule has 2 aromatic rings. The molecule has 0 radical (unpaired) electrons. The maximum atomic E-state index is 12.0. The van der Waals surface area contributed by atoms with E-state index in [0.29, 0.717) is 18.7 Å². The number of urea groups is 1. The van der Waals surface area contributed by atoms with Crippen LogP contribution >= 0.6 is 0 Å². The average molecular weight is 334 g/mol. The number of amides is 2. The molecule has 0 aliphatic carbocycles. The number of sulfone groups is 1. The molecule has 23 heavy (non-hydrogen) atoms. The van der Waals surface area contributed by atoms with Crippen LogP contribution in [-0.4, -0.2) is 41.8 Å². The van der Waals surface area contributed by atoms with Crippen molar-refractivity contribution in [2.24, 2.45) is 0 Å². The summed E-state index contributed by atoms with van der Waals surface area (Å²) >= 11 is 0. The Balaban J connectivity index is 1.59. The van der Waals surface area contributed by atoms with Gasteiger partial charge in [-0.2, -0.15) is 0 Å². The maximum Gasteiger partial charge on any atom is 0.320 e. The molecule has 0 spiro atoms. The highest BCUT2D eigenvalue weighted by atomic mass is 32.2. The van der Waals surface area contributed by atoms with Crippen molar-refractivity contribution in [2.75, 3.05) is 16.8 Å². The molecule has 2 heterocycles. The van der Waals surface area contributed by atoms with Gasteiger partial charge >= 0.3 is 6.03 Å². The number of rotatable bonds is 3. The van der Waals surface area contributed by atoms with Crippen molar-refractivity contribution >= 4 is 21.7 Å². The van der Waals surface area contributed by atoms with Crippen LogP contribution in [0.4, 0.5) is 10.6 Å². The van der Waals surface area contributed by atoms with Gasteiger partial charge in [-0.15, -0.1) is 5.10 Å². The molecule has 8 heteroatoms. The molecule has 2 amide bonds. The smallest absolute Gasteiger partial charge is 0.320 e. The molecule has 1 fully saturated rings. The SMILES string of the molecule is O=C(Nc1ccn(-c2ccccc2)n1)N[C@H]1CCCS(=O)(=O)C1. The van der Waals surface area contributed by atoms with Gasteiger partial charge in [0.1, 0.15) is 0 Å². The lowest BCUT2D eigenvalue weighted by atomic mass is 10.2. The molecule has 0 saturated carbocycles. The van der Waals surface area contributed by atoms with Gasteiger partial charge in [0.25, 0.3) is 0 Å². The van der Waals surface area contributed by atoms with Gasteiger partial charge in [-0.3, -0.25) is 5.32 Å². The zero-order chi connectivity index (χ0) is 16.3. The molecule has 122 valence electrons. The Morgan fingerprint density at radius 1 is 1.22 bits per heavy atom. The third-order valence-corrected chi connectivity index (χ3v) is 5.47. The minimum atomic E-state index is -3.04. The molecule has 1 aromatic carbocycles. The zero-order valence-electron chi connectivity index (χ0n) is 12.5. The van der Waals surface area contributed by atoms with E-state index < -0.39 is 15.9 Å². The Morgan fingerprint density at radius 3 is 2.74 bits per heavy atom. The molecule has 1 aliphatic heterocycles. The third kappa shape index (κ3) is 4.10. The summed E-state index contributed by atoms with van der Waals surface area (Å²) in [6.07, 6.45) is 3.00. The molecule has 1 aliphatic rings. The first kappa shape index (κ1) is 15.5. The van der Waals surface area contributed by atoms with Crippen molar-refractivity contribution in [1.82, 2.24) is 15.1 Å². The van der Waals surface area contributed by atoms with Gasteiger partial charge < -0.3 is 5.32 Å². The summed E-state index contributed by atoms with van der Waals surface area (Å²) in [4.78, 5) is 12.0. The van der Waals surface area contributed by atoms with Gasteiger partial charge in [-0.05, 0) is 25.0 Å². The molecular weight excluding hydrogens is 316 g/mol. The highest BCUT2D eigenvalue weighted by Crippen LogP contribution is 2.13. The maximum absolute atomic E-state index is 12.0. The quantitative estimate of drug-likeness (QED) is 0.891. The van der Waals surface area contributed by atoms with E-state index in [9.17, 15) is 13.2 Å². The fourth-order valence-electron chi connectivity index (χ4n) is 2.59. The second-order valence-corrected chi connectivity index (χ2v) is 7.76. The van der Waals surface area contributed by atoms with Crippen LogP contribution in [0.25, 0.3) is 5.69 Å². The van der Waals surface area contributed by atoms with Gasteiger partial charge in [-0.25, -0.2) is 17.9 Å².